The van der Waals surface area contributed by atoms with Crippen LogP contribution in [0.5, 0.6) is 0 Å². The minimum atomic E-state index is 0.1000. The molecule has 0 amide bonds. The normalized spacial score (nSPS) is 32.4. The fraction of sp³-hybridized carbons (Fsp3) is 0.900. The Balaban J connectivity index is 1.94. The lowest BCUT2D eigenvalue weighted by atomic mass is 10.3. The highest BCUT2D eigenvalue weighted by atomic mass is 16.5. The number of rotatable bonds is 3. The molecule has 1 aliphatic heterocycles. The first kappa shape index (κ1) is 10.7. The summed E-state index contributed by atoms with van der Waals surface area (Å²) in [6, 6.07) is 0.465. The van der Waals surface area contributed by atoms with Crippen molar-refractivity contribution in [2.24, 2.45) is 10.7 Å². The van der Waals surface area contributed by atoms with Crippen molar-refractivity contribution in [2.75, 3.05) is 27.3 Å². The number of aliphatic imine (C=N–C) groups is 1. The molecule has 2 N–H and O–H groups in total. The van der Waals surface area contributed by atoms with Crippen molar-refractivity contribution < 1.29 is 9.47 Å². The SMILES string of the molecule is COC1CN(C(N)=NC2CC2)CC1OC. The van der Waals surface area contributed by atoms with Gasteiger partial charge in [-0.1, -0.05) is 0 Å². The molecule has 1 heterocycles. The van der Waals surface area contributed by atoms with Gasteiger partial charge in [0.1, 0.15) is 12.2 Å². The number of hydrogen-bond donors (Lipinski definition) is 1. The fourth-order valence-corrected chi connectivity index (χ4v) is 1.86. The van der Waals surface area contributed by atoms with E-state index in [9.17, 15) is 0 Å². The van der Waals surface area contributed by atoms with Crippen LogP contribution in [0, 0.1) is 0 Å². The molecule has 0 aromatic carbocycles. The Morgan fingerprint density at radius 1 is 1.20 bits per heavy atom. The standard InChI is InChI=1S/C10H19N3O2/c1-14-8-5-13(6-9(8)15-2)10(11)12-7-3-4-7/h7-9H,3-6H2,1-2H3,(H2,11,12). The second kappa shape index (κ2) is 4.37. The second-order valence-electron chi connectivity index (χ2n) is 4.17. The van der Waals surface area contributed by atoms with Crippen LogP contribution in [0.3, 0.4) is 0 Å². The van der Waals surface area contributed by atoms with Gasteiger partial charge in [0, 0.05) is 27.3 Å². The van der Waals surface area contributed by atoms with Crippen LogP contribution >= 0.6 is 0 Å². The molecule has 1 saturated heterocycles. The van der Waals surface area contributed by atoms with Gasteiger partial charge in [-0.05, 0) is 12.8 Å². The number of nitrogens with two attached hydrogens (primary N) is 1. The van der Waals surface area contributed by atoms with E-state index < -0.39 is 0 Å². The molecule has 2 unspecified atom stereocenters. The summed E-state index contributed by atoms with van der Waals surface area (Å²) in [7, 11) is 3.41. The predicted octanol–water partition coefficient (Wildman–Crippen LogP) is -0.191. The van der Waals surface area contributed by atoms with Crippen LogP contribution in [0.1, 0.15) is 12.8 Å². The third-order valence-electron chi connectivity index (χ3n) is 3.01. The zero-order valence-electron chi connectivity index (χ0n) is 9.35. The minimum absolute atomic E-state index is 0.1000. The van der Waals surface area contributed by atoms with Crippen LogP contribution in [0.15, 0.2) is 4.99 Å². The number of nitrogens with zero attached hydrogens (tertiary/aromatic N) is 2. The molecular formula is C10H19N3O2. The Labute approximate surface area is 90.2 Å². The van der Waals surface area contributed by atoms with E-state index in [-0.39, 0.29) is 12.2 Å². The molecule has 0 aromatic heterocycles. The fourth-order valence-electron chi connectivity index (χ4n) is 1.86. The summed E-state index contributed by atoms with van der Waals surface area (Å²) in [6.07, 6.45) is 2.55. The lowest BCUT2D eigenvalue weighted by Crippen LogP contribution is -2.36. The number of guanidine groups is 1. The van der Waals surface area contributed by atoms with Gasteiger partial charge in [0.15, 0.2) is 5.96 Å². The summed E-state index contributed by atoms with van der Waals surface area (Å²) in [6.45, 7) is 1.55. The lowest BCUT2D eigenvalue weighted by Gasteiger charge is -2.16. The molecule has 2 atom stereocenters. The van der Waals surface area contributed by atoms with Crippen LogP contribution < -0.4 is 5.73 Å². The zero-order chi connectivity index (χ0) is 10.8. The zero-order valence-corrected chi connectivity index (χ0v) is 9.35. The molecule has 2 fully saturated rings. The molecule has 5 nitrogen and oxygen atoms in total. The van der Waals surface area contributed by atoms with Gasteiger partial charge < -0.3 is 20.1 Å². The highest BCUT2D eigenvalue weighted by Gasteiger charge is 2.34. The van der Waals surface area contributed by atoms with Crippen molar-refractivity contribution in [3.8, 4) is 0 Å². The number of methoxy groups -OCH3 is 2. The largest absolute Gasteiger partial charge is 0.377 e. The van der Waals surface area contributed by atoms with E-state index in [1.54, 1.807) is 14.2 Å². The van der Waals surface area contributed by atoms with E-state index in [2.05, 4.69) is 4.99 Å². The van der Waals surface area contributed by atoms with Crippen LogP contribution in [0.4, 0.5) is 0 Å². The number of ether oxygens (including phenoxy) is 2. The molecule has 5 heteroatoms. The van der Waals surface area contributed by atoms with Crippen LogP contribution in [-0.4, -0.2) is 56.4 Å². The maximum Gasteiger partial charge on any atom is 0.191 e. The first-order valence-corrected chi connectivity index (χ1v) is 5.38. The third kappa shape index (κ3) is 2.41. The Hall–Kier alpha value is -0.810. The summed E-state index contributed by atoms with van der Waals surface area (Å²) < 4.78 is 10.7. The van der Waals surface area contributed by atoms with E-state index in [0.29, 0.717) is 12.0 Å². The smallest absolute Gasteiger partial charge is 0.191 e. The summed E-state index contributed by atoms with van der Waals surface area (Å²) in [5, 5.41) is 0. The summed E-state index contributed by atoms with van der Waals surface area (Å²) in [5.74, 6) is 0.638. The van der Waals surface area contributed by atoms with Crippen LogP contribution in [0.2, 0.25) is 0 Å². The average Bonchev–Trinajstić information content (AvgIpc) is 2.95. The van der Waals surface area contributed by atoms with Crippen molar-refractivity contribution in [3.63, 3.8) is 0 Å². The maximum atomic E-state index is 5.92. The molecule has 1 aliphatic carbocycles. The van der Waals surface area contributed by atoms with Crippen LogP contribution in [0.25, 0.3) is 0 Å². The molecule has 1 saturated carbocycles. The molecule has 15 heavy (non-hydrogen) atoms. The van der Waals surface area contributed by atoms with Gasteiger partial charge in [-0.25, -0.2) is 4.99 Å². The predicted molar refractivity (Wildman–Crippen MR) is 57.8 cm³/mol. The highest BCUT2D eigenvalue weighted by Crippen LogP contribution is 2.24. The first-order chi connectivity index (χ1) is 7.24. The van der Waals surface area contributed by atoms with E-state index in [4.69, 9.17) is 15.2 Å². The quantitative estimate of drug-likeness (QED) is 0.521. The Kier molecular flexibility index (Phi) is 3.11. The molecular weight excluding hydrogens is 194 g/mol. The average molecular weight is 213 g/mol. The lowest BCUT2D eigenvalue weighted by molar-refractivity contribution is -0.00461. The van der Waals surface area contributed by atoms with Gasteiger partial charge in [0.2, 0.25) is 0 Å². The van der Waals surface area contributed by atoms with Crippen molar-refractivity contribution in [2.45, 2.75) is 31.1 Å². The van der Waals surface area contributed by atoms with E-state index >= 15 is 0 Å². The molecule has 2 rings (SSSR count). The van der Waals surface area contributed by atoms with Gasteiger partial charge in [0.05, 0.1) is 6.04 Å². The number of likely N-dealkylation sites (tertiary alicyclic amines) is 1. The molecule has 0 bridgehead atoms. The van der Waals surface area contributed by atoms with Gasteiger partial charge >= 0.3 is 0 Å². The summed E-state index contributed by atoms with van der Waals surface area (Å²) >= 11 is 0. The minimum Gasteiger partial charge on any atom is -0.377 e. The van der Waals surface area contributed by atoms with E-state index in [1.807, 2.05) is 4.90 Å². The second-order valence-corrected chi connectivity index (χ2v) is 4.17. The molecule has 0 spiro atoms. The maximum absolute atomic E-state index is 5.92. The van der Waals surface area contributed by atoms with Gasteiger partial charge in [-0.15, -0.1) is 0 Å². The van der Waals surface area contributed by atoms with E-state index in [1.165, 1.54) is 12.8 Å². The Bertz CT molecular complexity index is 241. The van der Waals surface area contributed by atoms with Crippen LogP contribution in [-0.2, 0) is 9.47 Å². The van der Waals surface area contributed by atoms with Crippen molar-refractivity contribution in [1.82, 2.24) is 4.90 Å². The molecule has 86 valence electrons. The van der Waals surface area contributed by atoms with Gasteiger partial charge in [0.25, 0.3) is 0 Å². The molecule has 0 aromatic rings. The van der Waals surface area contributed by atoms with Crippen molar-refractivity contribution >= 4 is 5.96 Å². The first-order valence-electron chi connectivity index (χ1n) is 5.38. The number of hydrogen-bond acceptors (Lipinski definition) is 3. The summed E-state index contributed by atoms with van der Waals surface area (Å²) in [4.78, 5) is 6.46. The van der Waals surface area contributed by atoms with E-state index in [0.717, 1.165) is 13.1 Å². The monoisotopic (exact) mass is 213 g/mol. The molecule has 2 aliphatic rings. The van der Waals surface area contributed by atoms with Gasteiger partial charge in [-0.2, -0.15) is 0 Å². The molecule has 0 radical (unpaired) electrons. The summed E-state index contributed by atoms with van der Waals surface area (Å²) in [5.41, 5.74) is 5.92. The van der Waals surface area contributed by atoms with Crippen molar-refractivity contribution in [1.29, 1.82) is 0 Å². The Morgan fingerprint density at radius 2 is 1.73 bits per heavy atom. The van der Waals surface area contributed by atoms with Gasteiger partial charge in [-0.3, -0.25) is 0 Å². The highest BCUT2D eigenvalue weighted by molar-refractivity contribution is 5.78. The Morgan fingerprint density at radius 3 is 2.13 bits per heavy atom. The topological polar surface area (TPSA) is 60.1 Å². The third-order valence-corrected chi connectivity index (χ3v) is 3.01. The van der Waals surface area contributed by atoms with Crippen molar-refractivity contribution in [3.05, 3.63) is 0 Å².